The van der Waals surface area contributed by atoms with Gasteiger partial charge in [-0.3, -0.25) is 0 Å². The number of ether oxygens (including phenoxy) is 1. The number of hydrogen-bond acceptors (Lipinski definition) is 2. The third kappa shape index (κ3) is 5.65. The van der Waals surface area contributed by atoms with E-state index in [0.29, 0.717) is 0 Å². The van der Waals surface area contributed by atoms with Crippen LogP contribution in [0.15, 0.2) is 24.3 Å². The Bertz CT molecular complexity index is 325. The minimum Gasteiger partial charge on any atom is -0.383 e. The van der Waals surface area contributed by atoms with Crippen molar-refractivity contribution in [3.05, 3.63) is 35.4 Å². The number of aryl methyl sites for hydroxylation is 1. The van der Waals surface area contributed by atoms with E-state index in [9.17, 15) is 0 Å². The highest BCUT2D eigenvalue weighted by atomic mass is 16.5. The van der Waals surface area contributed by atoms with Crippen molar-refractivity contribution in [1.29, 1.82) is 0 Å². The molecule has 1 atom stereocenters. The van der Waals surface area contributed by atoms with Crippen LogP contribution in [0, 0.1) is 12.8 Å². The van der Waals surface area contributed by atoms with Crippen LogP contribution >= 0.6 is 0 Å². The molecular formula is C16H27NO. The smallest absolute Gasteiger partial charge is 0.0587 e. The zero-order valence-electron chi connectivity index (χ0n) is 12.0. The Morgan fingerprint density at radius 2 is 2.06 bits per heavy atom. The van der Waals surface area contributed by atoms with Gasteiger partial charge in [0.15, 0.2) is 0 Å². The van der Waals surface area contributed by atoms with Gasteiger partial charge in [-0.2, -0.15) is 0 Å². The van der Waals surface area contributed by atoms with Gasteiger partial charge in [0.25, 0.3) is 0 Å². The highest BCUT2D eigenvalue weighted by molar-refractivity contribution is 5.25. The maximum Gasteiger partial charge on any atom is 0.0587 e. The molecule has 0 aromatic heterocycles. The predicted octanol–water partition coefficient (Wildman–Crippen LogP) is 3.19. The zero-order chi connectivity index (χ0) is 13.2. The van der Waals surface area contributed by atoms with Crippen LogP contribution in [0.1, 0.15) is 30.9 Å². The summed E-state index contributed by atoms with van der Waals surface area (Å²) in [5.41, 5.74) is 2.90. The van der Waals surface area contributed by atoms with Crippen LogP contribution in [0.3, 0.4) is 0 Å². The lowest BCUT2D eigenvalue weighted by molar-refractivity contribution is 0.197. The molecule has 18 heavy (non-hydrogen) atoms. The molecule has 0 fully saturated rings. The van der Waals surface area contributed by atoms with Crippen LogP contribution in [0.2, 0.25) is 0 Å². The van der Waals surface area contributed by atoms with Gasteiger partial charge in [0.1, 0.15) is 0 Å². The molecule has 1 N–H and O–H groups in total. The second-order valence-electron chi connectivity index (χ2n) is 4.98. The second-order valence-corrected chi connectivity index (χ2v) is 4.98. The lowest BCUT2D eigenvalue weighted by atomic mass is 9.92. The molecule has 0 amide bonds. The minimum absolute atomic E-state index is 0.730. The summed E-state index contributed by atoms with van der Waals surface area (Å²) in [6.07, 6.45) is 3.72. The van der Waals surface area contributed by atoms with E-state index in [1.54, 1.807) is 7.11 Å². The molecule has 2 heteroatoms. The van der Waals surface area contributed by atoms with Gasteiger partial charge in [-0.1, -0.05) is 37.6 Å². The summed E-state index contributed by atoms with van der Waals surface area (Å²) in [4.78, 5) is 0. The first-order valence-electron chi connectivity index (χ1n) is 7.02. The molecule has 1 rings (SSSR count). The van der Waals surface area contributed by atoms with Gasteiger partial charge in [0.05, 0.1) is 6.61 Å². The summed E-state index contributed by atoms with van der Waals surface area (Å²) < 4.78 is 5.06. The first-order valence-corrected chi connectivity index (χ1v) is 7.02. The van der Waals surface area contributed by atoms with E-state index in [0.717, 1.165) is 25.6 Å². The highest BCUT2D eigenvalue weighted by Gasteiger charge is 2.09. The largest absolute Gasteiger partial charge is 0.383 e. The fraction of sp³-hybridized carbons (Fsp3) is 0.625. The molecule has 1 unspecified atom stereocenters. The molecule has 0 saturated heterocycles. The van der Waals surface area contributed by atoms with Crippen molar-refractivity contribution in [3.8, 4) is 0 Å². The zero-order valence-corrected chi connectivity index (χ0v) is 12.0. The van der Waals surface area contributed by atoms with Crippen LogP contribution in [0.5, 0.6) is 0 Å². The standard InChI is InChI=1S/C16H27NO/c1-4-7-15(13-17-10-11-18-3)12-16-9-6-5-8-14(16)2/h5-6,8-9,15,17H,4,7,10-13H2,1-3H3. The van der Waals surface area contributed by atoms with Gasteiger partial charge >= 0.3 is 0 Å². The number of methoxy groups -OCH3 is 1. The van der Waals surface area contributed by atoms with E-state index in [4.69, 9.17) is 4.74 Å². The van der Waals surface area contributed by atoms with Crippen molar-refractivity contribution < 1.29 is 4.74 Å². The number of rotatable bonds is 9. The van der Waals surface area contributed by atoms with Gasteiger partial charge in [-0.15, -0.1) is 0 Å². The van der Waals surface area contributed by atoms with Crippen LogP contribution in [-0.4, -0.2) is 26.8 Å². The first-order chi connectivity index (χ1) is 8.77. The van der Waals surface area contributed by atoms with E-state index in [1.807, 2.05) is 0 Å². The second kappa shape index (κ2) is 9.12. The number of hydrogen-bond donors (Lipinski definition) is 1. The normalized spacial score (nSPS) is 12.6. The van der Waals surface area contributed by atoms with Crippen molar-refractivity contribution in [2.24, 2.45) is 5.92 Å². The van der Waals surface area contributed by atoms with Crippen molar-refractivity contribution in [1.82, 2.24) is 5.32 Å². The van der Waals surface area contributed by atoms with E-state index < -0.39 is 0 Å². The summed E-state index contributed by atoms with van der Waals surface area (Å²) in [6.45, 7) is 7.30. The summed E-state index contributed by atoms with van der Waals surface area (Å²) >= 11 is 0. The Morgan fingerprint density at radius 3 is 2.72 bits per heavy atom. The topological polar surface area (TPSA) is 21.3 Å². The van der Waals surface area contributed by atoms with E-state index in [-0.39, 0.29) is 0 Å². The molecule has 0 aliphatic rings. The lowest BCUT2D eigenvalue weighted by Gasteiger charge is -2.18. The van der Waals surface area contributed by atoms with Crippen molar-refractivity contribution in [2.45, 2.75) is 33.1 Å². The third-order valence-electron chi connectivity index (χ3n) is 3.38. The van der Waals surface area contributed by atoms with Gasteiger partial charge in [-0.05, 0) is 43.4 Å². The molecule has 102 valence electrons. The van der Waals surface area contributed by atoms with Crippen LogP contribution in [0.25, 0.3) is 0 Å². The Labute approximate surface area is 112 Å². The van der Waals surface area contributed by atoms with E-state index in [1.165, 1.54) is 30.4 Å². The predicted molar refractivity (Wildman–Crippen MR) is 78.0 cm³/mol. The molecular weight excluding hydrogens is 222 g/mol. The van der Waals surface area contributed by atoms with Crippen molar-refractivity contribution in [3.63, 3.8) is 0 Å². The molecule has 1 aromatic rings. The molecule has 0 aliphatic heterocycles. The molecule has 0 radical (unpaired) electrons. The minimum atomic E-state index is 0.730. The monoisotopic (exact) mass is 249 g/mol. The summed E-state index contributed by atoms with van der Waals surface area (Å²) in [6, 6.07) is 8.72. The van der Waals surface area contributed by atoms with Crippen molar-refractivity contribution >= 4 is 0 Å². The summed E-state index contributed by atoms with van der Waals surface area (Å²) in [5, 5.41) is 3.49. The molecule has 1 aromatic carbocycles. The Hall–Kier alpha value is -0.860. The van der Waals surface area contributed by atoms with Crippen LogP contribution in [-0.2, 0) is 11.2 Å². The van der Waals surface area contributed by atoms with E-state index >= 15 is 0 Å². The van der Waals surface area contributed by atoms with Gasteiger partial charge in [-0.25, -0.2) is 0 Å². The maximum absolute atomic E-state index is 5.06. The summed E-state index contributed by atoms with van der Waals surface area (Å²) in [7, 11) is 1.75. The molecule has 0 aliphatic carbocycles. The lowest BCUT2D eigenvalue weighted by Crippen LogP contribution is -2.27. The van der Waals surface area contributed by atoms with Gasteiger partial charge in [0.2, 0.25) is 0 Å². The average Bonchev–Trinajstić information content (AvgIpc) is 2.37. The SMILES string of the molecule is CCCC(CNCCOC)Cc1ccccc1C. The van der Waals surface area contributed by atoms with Crippen LogP contribution < -0.4 is 5.32 Å². The molecule has 0 heterocycles. The fourth-order valence-corrected chi connectivity index (χ4v) is 2.32. The fourth-order valence-electron chi connectivity index (χ4n) is 2.32. The van der Waals surface area contributed by atoms with Crippen LogP contribution in [0.4, 0.5) is 0 Å². The third-order valence-corrected chi connectivity index (χ3v) is 3.38. The summed E-state index contributed by atoms with van der Waals surface area (Å²) in [5.74, 6) is 0.730. The maximum atomic E-state index is 5.06. The number of benzene rings is 1. The quantitative estimate of drug-likeness (QED) is 0.679. The first kappa shape index (κ1) is 15.2. The van der Waals surface area contributed by atoms with Gasteiger partial charge < -0.3 is 10.1 Å². The van der Waals surface area contributed by atoms with E-state index in [2.05, 4.69) is 43.4 Å². The molecule has 0 saturated carbocycles. The Morgan fingerprint density at radius 1 is 1.28 bits per heavy atom. The average molecular weight is 249 g/mol. The molecule has 0 spiro atoms. The van der Waals surface area contributed by atoms with Gasteiger partial charge in [0, 0.05) is 13.7 Å². The Kier molecular flexibility index (Phi) is 7.70. The molecule has 2 nitrogen and oxygen atoms in total. The highest BCUT2D eigenvalue weighted by Crippen LogP contribution is 2.16. The molecule has 0 bridgehead atoms. The Balaban J connectivity index is 2.44. The number of nitrogens with one attached hydrogen (secondary N) is 1. The van der Waals surface area contributed by atoms with Crippen molar-refractivity contribution in [2.75, 3.05) is 26.8 Å².